The van der Waals surface area contributed by atoms with Crippen LogP contribution in [0.2, 0.25) is 0 Å². The molecule has 3 rings (SSSR count). The molecule has 1 saturated carbocycles. The number of amides is 3. The molecular formula is C20H31ClN4O2. The van der Waals surface area contributed by atoms with Gasteiger partial charge in [-0.3, -0.25) is 4.79 Å². The number of likely N-dealkylation sites (tertiary alicyclic amines) is 1. The Morgan fingerprint density at radius 2 is 2.04 bits per heavy atom. The number of anilines is 1. The number of nitrogens with zero attached hydrogens (tertiary/aromatic N) is 1. The summed E-state index contributed by atoms with van der Waals surface area (Å²) in [5, 5.41) is 6.10. The maximum atomic E-state index is 12.8. The van der Waals surface area contributed by atoms with Crippen LogP contribution in [0.4, 0.5) is 10.5 Å². The summed E-state index contributed by atoms with van der Waals surface area (Å²) in [5.41, 5.74) is 7.47. The topological polar surface area (TPSA) is 87.5 Å². The SMILES string of the molecule is Cc1cccc(NC(=O)N2CCCC(C(=O)NC(C)(CN)C3CC3)C2)c1.Cl. The third kappa shape index (κ3) is 5.36. The van der Waals surface area contributed by atoms with E-state index in [9.17, 15) is 9.59 Å². The van der Waals surface area contributed by atoms with Crippen LogP contribution < -0.4 is 16.4 Å². The Morgan fingerprint density at radius 3 is 2.67 bits per heavy atom. The van der Waals surface area contributed by atoms with E-state index in [-0.39, 0.29) is 35.8 Å². The molecule has 2 atom stereocenters. The van der Waals surface area contributed by atoms with Gasteiger partial charge in [-0.2, -0.15) is 0 Å². The zero-order valence-electron chi connectivity index (χ0n) is 16.2. The monoisotopic (exact) mass is 394 g/mol. The number of piperidine rings is 1. The van der Waals surface area contributed by atoms with Crippen molar-refractivity contribution in [3.05, 3.63) is 29.8 Å². The van der Waals surface area contributed by atoms with E-state index in [1.165, 1.54) is 0 Å². The second-order valence-electron chi connectivity index (χ2n) is 7.97. The molecule has 1 aliphatic carbocycles. The maximum Gasteiger partial charge on any atom is 0.321 e. The lowest BCUT2D eigenvalue weighted by Gasteiger charge is -2.36. The summed E-state index contributed by atoms with van der Waals surface area (Å²) in [5.74, 6) is 0.343. The van der Waals surface area contributed by atoms with Gasteiger partial charge in [0, 0.05) is 25.3 Å². The van der Waals surface area contributed by atoms with Gasteiger partial charge >= 0.3 is 6.03 Å². The molecule has 4 N–H and O–H groups in total. The number of benzene rings is 1. The molecule has 1 aromatic carbocycles. The van der Waals surface area contributed by atoms with Gasteiger partial charge in [-0.1, -0.05) is 12.1 Å². The quantitative estimate of drug-likeness (QED) is 0.717. The second-order valence-corrected chi connectivity index (χ2v) is 7.97. The number of carbonyl (C=O) groups excluding carboxylic acids is 2. The Labute approximate surface area is 167 Å². The number of carbonyl (C=O) groups is 2. The van der Waals surface area contributed by atoms with Crippen molar-refractivity contribution >= 4 is 30.0 Å². The van der Waals surface area contributed by atoms with Gasteiger partial charge in [0.15, 0.2) is 0 Å². The maximum absolute atomic E-state index is 12.8. The number of aryl methyl sites for hydroxylation is 1. The Morgan fingerprint density at radius 1 is 1.30 bits per heavy atom. The number of urea groups is 1. The Balaban J connectivity index is 0.00000261. The van der Waals surface area contributed by atoms with Crippen molar-refractivity contribution in [2.24, 2.45) is 17.6 Å². The zero-order valence-corrected chi connectivity index (χ0v) is 17.0. The molecule has 7 heteroatoms. The fraction of sp³-hybridized carbons (Fsp3) is 0.600. The number of hydrogen-bond acceptors (Lipinski definition) is 3. The first-order valence-corrected chi connectivity index (χ1v) is 9.56. The molecule has 0 bridgehead atoms. The highest BCUT2D eigenvalue weighted by Gasteiger charge is 2.42. The molecular weight excluding hydrogens is 364 g/mol. The molecule has 27 heavy (non-hydrogen) atoms. The fourth-order valence-electron chi connectivity index (χ4n) is 3.72. The van der Waals surface area contributed by atoms with Crippen molar-refractivity contribution in [3.8, 4) is 0 Å². The molecule has 1 aromatic rings. The summed E-state index contributed by atoms with van der Waals surface area (Å²) in [6.45, 7) is 5.61. The normalized spacial score (nSPS) is 21.6. The first-order valence-electron chi connectivity index (χ1n) is 9.56. The average molecular weight is 395 g/mol. The predicted octanol–water partition coefficient (Wildman–Crippen LogP) is 2.90. The molecule has 2 fully saturated rings. The average Bonchev–Trinajstić information content (AvgIpc) is 3.47. The highest BCUT2D eigenvalue weighted by atomic mass is 35.5. The van der Waals surface area contributed by atoms with Gasteiger partial charge in [0.25, 0.3) is 0 Å². The highest BCUT2D eigenvalue weighted by molar-refractivity contribution is 5.90. The van der Waals surface area contributed by atoms with E-state index in [4.69, 9.17) is 5.73 Å². The highest BCUT2D eigenvalue weighted by Crippen LogP contribution is 2.39. The summed E-state index contributed by atoms with van der Waals surface area (Å²) in [6, 6.07) is 7.58. The van der Waals surface area contributed by atoms with E-state index in [1.807, 2.05) is 38.1 Å². The summed E-state index contributed by atoms with van der Waals surface area (Å²) in [6.07, 6.45) is 3.90. The van der Waals surface area contributed by atoms with Crippen LogP contribution in [-0.4, -0.2) is 42.0 Å². The molecule has 0 aromatic heterocycles. The summed E-state index contributed by atoms with van der Waals surface area (Å²) in [7, 11) is 0. The molecule has 1 heterocycles. The first-order chi connectivity index (χ1) is 12.4. The summed E-state index contributed by atoms with van der Waals surface area (Å²) >= 11 is 0. The number of nitrogens with two attached hydrogens (primary N) is 1. The number of halogens is 1. The van der Waals surface area contributed by atoms with Crippen LogP contribution in [0, 0.1) is 18.8 Å². The van der Waals surface area contributed by atoms with Gasteiger partial charge in [-0.25, -0.2) is 4.79 Å². The Kier molecular flexibility index (Phi) is 7.12. The lowest BCUT2D eigenvalue weighted by Crippen LogP contribution is -2.56. The zero-order chi connectivity index (χ0) is 18.7. The van der Waals surface area contributed by atoms with Crippen LogP contribution in [0.15, 0.2) is 24.3 Å². The van der Waals surface area contributed by atoms with Crippen molar-refractivity contribution in [2.75, 3.05) is 25.0 Å². The largest absolute Gasteiger partial charge is 0.349 e. The second kappa shape index (κ2) is 8.93. The van der Waals surface area contributed by atoms with Gasteiger partial charge in [0.05, 0.1) is 11.5 Å². The van der Waals surface area contributed by atoms with E-state index in [1.54, 1.807) is 4.90 Å². The summed E-state index contributed by atoms with van der Waals surface area (Å²) in [4.78, 5) is 27.1. The van der Waals surface area contributed by atoms with Crippen LogP contribution in [-0.2, 0) is 4.79 Å². The van der Waals surface area contributed by atoms with Crippen LogP contribution in [0.3, 0.4) is 0 Å². The molecule has 150 valence electrons. The van der Waals surface area contributed by atoms with E-state index in [0.717, 1.165) is 36.9 Å². The summed E-state index contributed by atoms with van der Waals surface area (Å²) < 4.78 is 0. The van der Waals surface area contributed by atoms with Gasteiger partial charge in [-0.15, -0.1) is 12.4 Å². The third-order valence-electron chi connectivity index (χ3n) is 5.66. The van der Waals surface area contributed by atoms with Crippen molar-refractivity contribution in [3.63, 3.8) is 0 Å². The molecule has 2 unspecified atom stereocenters. The van der Waals surface area contributed by atoms with E-state index < -0.39 is 0 Å². The third-order valence-corrected chi connectivity index (χ3v) is 5.66. The van der Waals surface area contributed by atoms with Crippen molar-refractivity contribution in [1.29, 1.82) is 0 Å². The Hall–Kier alpha value is -1.79. The molecule has 6 nitrogen and oxygen atoms in total. The molecule has 1 aliphatic heterocycles. The van der Waals surface area contributed by atoms with Crippen LogP contribution in [0.25, 0.3) is 0 Å². The standard InChI is InChI=1S/C20H30N4O2.ClH/c1-14-5-3-7-17(11-14)22-19(26)24-10-4-6-15(12-24)18(25)23-20(2,13-21)16-8-9-16;/h3,5,7,11,15-16H,4,6,8-10,12-13,21H2,1-2H3,(H,22,26)(H,23,25);1H. The molecule has 0 radical (unpaired) electrons. The van der Waals surface area contributed by atoms with Crippen molar-refractivity contribution < 1.29 is 9.59 Å². The van der Waals surface area contributed by atoms with Gasteiger partial charge < -0.3 is 21.3 Å². The lowest BCUT2D eigenvalue weighted by atomic mass is 9.92. The molecule has 2 aliphatic rings. The number of nitrogens with one attached hydrogen (secondary N) is 2. The van der Waals surface area contributed by atoms with Crippen LogP contribution >= 0.6 is 12.4 Å². The molecule has 3 amide bonds. The van der Waals surface area contributed by atoms with Gasteiger partial charge in [-0.05, 0) is 63.1 Å². The first kappa shape index (κ1) is 21.5. The van der Waals surface area contributed by atoms with Crippen molar-refractivity contribution in [2.45, 2.75) is 45.1 Å². The lowest BCUT2D eigenvalue weighted by molar-refractivity contribution is -0.128. The minimum Gasteiger partial charge on any atom is -0.349 e. The van der Waals surface area contributed by atoms with E-state index in [0.29, 0.717) is 25.6 Å². The van der Waals surface area contributed by atoms with Gasteiger partial charge in [0.1, 0.15) is 0 Å². The van der Waals surface area contributed by atoms with Gasteiger partial charge in [0.2, 0.25) is 5.91 Å². The smallest absolute Gasteiger partial charge is 0.321 e. The van der Waals surface area contributed by atoms with E-state index in [2.05, 4.69) is 10.6 Å². The fourth-order valence-corrected chi connectivity index (χ4v) is 3.72. The number of rotatable bonds is 5. The molecule has 1 saturated heterocycles. The minimum atomic E-state index is -0.316. The molecule has 0 spiro atoms. The number of hydrogen-bond donors (Lipinski definition) is 3. The van der Waals surface area contributed by atoms with Crippen LogP contribution in [0.5, 0.6) is 0 Å². The Bertz CT molecular complexity index is 680. The van der Waals surface area contributed by atoms with E-state index >= 15 is 0 Å². The minimum absolute atomic E-state index is 0. The van der Waals surface area contributed by atoms with Crippen molar-refractivity contribution in [1.82, 2.24) is 10.2 Å². The van der Waals surface area contributed by atoms with Crippen LogP contribution in [0.1, 0.15) is 38.2 Å². The predicted molar refractivity (Wildman–Crippen MR) is 110 cm³/mol.